The number of rotatable bonds is 5. The van der Waals surface area contributed by atoms with Crippen LogP contribution in [0, 0.1) is 5.92 Å². The van der Waals surface area contributed by atoms with Crippen molar-refractivity contribution in [2.75, 3.05) is 12.4 Å². The van der Waals surface area contributed by atoms with E-state index < -0.39 is 5.92 Å². The molecule has 0 radical (unpaired) electrons. The third-order valence-corrected chi connectivity index (χ3v) is 2.77. The molecule has 0 spiro atoms. The molecule has 0 saturated heterocycles. The predicted octanol–water partition coefficient (Wildman–Crippen LogP) is 2.23. The number of anilines is 1. The molecule has 0 aromatic heterocycles. The standard InChI is InChI=1S/C13H15NO3S/c1-8(15)12(9(2)16)13(18)14-10-4-6-11(17-3)7-5-10/h4-7,12H,1-3H3,(H,14,18). The zero-order valence-corrected chi connectivity index (χ0v) is 11.3. The average molecular weight is 265 g/mol. The van der Waals surface area contributed by atoms with Crippen LogP contribution in [-0.4, -0.2) is 23.7 Å². The molecule has 18 heavy (non-hydrogen) atoms. The molecule has 0 aliphatic carbocycles. The van der Waals surface area contributed by atoms with Crippen molar-refractivity contribution in [2.45, 2.75) is 13.8 Å². The molecule has 4 nitrogen and oxygen atoms in total. The van der Waals surface area contributed by atoms with Gasteiger partial charge in [-0.25, -0.2) is 0 Å². The number of ether oxygens (including phenoxy) is 1. The summed E-state index contributed by atoms with van der Waals surface area (Å²) < 4.78 is 5.03. The lowest BCUT2D eigenvalue weighted by molar-refractivity contribution is -0.127. The molecule has 0 heterocycles. The Labute approximate surface area is 111 Å². The minimum atomic E-state index is -0.873. The van der Waals surface area contributed by atoms with Gasteiger partial charge < -0.3 is 10.1 Å². The lowest BCUT2D eigenvalue weighted by Crippen LogP contribution is -2.32. The van der Waals surface area contributed by atoms with E-state index in [2.05, 4.69) is 5.32 Å². The maximum atomic E-state index is 11.3. The van der Waals surface area contributed by atoms with Gasteiger partial charge in [-0.2, -0.15) is 0 Å². The minimum absolute atomic E-state index is 0.222. The quantitative estimate of drug-likeness (QED) is 0.653. The number of hydrogen-bond acceptors (Lipinski definition) is 4. The number of carbonyl (C=O) groups is 2. The van der Waals surface area contributed by atoms with Crippen molar-refractivity contribution in [3.05, 3.63) is 24.3 Å². The summed E-state index contributed by atoms with van der Waals surface area (Å²) in [5.74, 6) is -0.662. The van der Waals surface area contributed by atoms with Crippen LogP contribution >= 0.6 is 12.2 Å². The Kier molecular flexibility index (Phi) is 4.97. The first-order valence-corrected chi connectivity index (χ1v) is 5.82. The molecular formula is C13H15NO3S. The largest absolute Gasteiger partial charge is 0.497 e. The molecule has 1 aromatic rings. The van der Waals surface area contributed by atoms with Crippen LogP contribution in [0.15, 0.2) is 24.3 Å². The molecule has 1 rings (SSSR count). The molecule has 1 aromatic carbocycles. The van der Waals surface area contributed by atoms with E-state index in [0.29, 0.717) is 5.69 Å². The lowest BCUT2D eigenvalue weighted by atomic mass is 10.0. The van der Waals surface area contributed by atoms with Crippen molar-refractivity contribution in [2.24, 2.45) is 5.92 Å². The van der Waals surface area contributed by atoms with E-state index >= 15 is 0 Å². The van der Waals surface area contributed by atoms with E-state index in [9.17, 15) is 9.59 Å². The van der Waals surface area contributed by atoms with E-state index in [1.807, 2.05) is 0 Å². The third kappa shape index (κ3) is 3.63. The fraction of sp³-hybridized carbons (Fsp3) is 0.308. The molecule has 0 aliphatic heterocycles. The summed E-state index contributed by atoms with van der Waals surface area (Å²) in [7, 11) is 1.58. The minimum Gasteiger partial charge on any atom is -0.497 e. The second-order valence-corrected chi connectivity index (χ2v) is 4.31. The molecule has 0 amide bonds. The first kappa shape index (κ1) is 14.3. The Morgan fingerprint density at radius 2 is 1.67 bits per heavy atom. The fourth-order valence-corrected chi connectivity index (χ4v) is 1.99. The summed E-state index contributed by atoms with van der Waals surface area (Å²) in [5.41, 5.74) is 0.716. The number of thiocarbonyl (C=S) groups is 1. The molecule has 0 aliphatic rings. The molecule has 96 valence electrons. The van der Waals surface area contributed by atoms with Crippen molar-refractivity contribution in [3.63, 3.8) is 0 Å². The molecule has 0 fully saturated rings. The molecule has 0 atom stereocenters. The van der Waals surface area contributed by atoms with E-state index in [4.69, 9.17) is 17.0 Å². The van der Waals surface area contributed by atoms with Crippen LogP contribution in [0.4, 0.5) is 5.69 Å². The van der Waals surface area contributed by atoms with Gasteiger partial charge in [-0.1, -0.05) is 12.2 Å². The number of methoxy groups -OCH3 is 1. The summed E-state index contributed by atoms with van der Waals surface area (Å²) in [6, 6.07) is 7.06. The number of ketones is 2. The van der Waals surface area contributed by atoms with Crippen LogP contribution < -0.4 is 10.1 Å². The molecular weight excluding hydrogens is 250 g/mol. The summed E-state index contributed by atoms with van der Waals surface area (Å²) in [5, 5.41) is 2.89. The van der Waals surface area contributed by atoms with E-state index in [1.165, 1.54) is 13.8 Å². The van der Waals surface area contributed by atoms with Gasteiger partial charge in [0.25, 0.3) is 0 Å². The van der Waals surface area contributed by atoms with Gasteiger partial charge in [-0.05, 0) is 38.1 Å². The fourth-order valence-electron chi connectivity index (χ4n) is 1.54. The van der Waals surface area contributed by atoms with Gasteiger partial charge >= 0.3 is 0 Å². The SMILES string of the molecule is COc1ccc(NC(=S)C(C(C)=O)C(C)=O)cc1. The molecule has 0 bridgehead atoms. The highest BCUT2D eigenvalue weighted by Crippen LogP contribution is 2.16. The second-order valence-electron chi connectivity index (χ2n) is 3.87. The summed E-state index contributed by atoms with van der Waals surface area (Å²) in [6.07, 6.45) is 0. The van der Waals surface area contributed by atoms with E-state index in [1.54, 1.807) is 31.4 Å². The van der Waals surface area contributed by atoms with Crippen LogP contribution in [0.2, 0.25) is 0 Å². The molecule has 5 heteroatoms. The van der Waals surface area contributed by atoms with Gasteiger partial charge in [0.1, 0.15) is 23.2 Å². The van der Waals surface area contributed by atoms with Crippen molar-refractivity contribution in [1.29, 1.82) is 0 Å². The predicted molar refractivity (Wildman–Crippen MR) is 74.1 cm³/mol. The Morgan fingerprint density at radius 3 is 2.06 bits per heavy atom. The average Bonchev–Trinajstić information content (AvgIpc) is 2.28. The summed E-state index contributed by atoms with van der Waals surface area (Å²) >= 11 is 5.09. The summed E-state index contributed by atoms with van der Waals surface area (Å²) in [6.45, 7) is 2.71. The zero-order valence-electron chi connectivity index (χ0n) is 10.5. The molecule has 0 unspecified atom stereocenters. The third-order valence-electron chi connectivity index (χ3n) is 2.43. The highest BCUT2D eigenvalue weighted by atomic mass is 32.1. The van der Waals surface area contributed by atoms with Crippen molar-refractivity contribution in [3.8, 4) is 5.75 Å². The van der Waals surface area contributed by atoms with E-state index in [-0.39, 0.29) is 16.6 Å². The van der Waals surface area contributed by atoms with Crippen LogP contribution in [-0.2, 0) is 9.59 Å². The number of hydrogen-bond donors (Lipinski definition) is 1. The van der Waals surface area contributed by atoms with Crippen molar-refractivity contribution >= 4 is 34.5 Å². The lowest BCUT2D eigenvalue weighted by Gasteiger charge is -2.14. The van der Waals surface area contributed by atoms with Crippen molar-refractivity contribution < 1.29 is 14.3 Å². The normalized spacial score (nSPS) is 10.0. The smallest absolute Gasteiger partial charge is 0.147 e. The zero-order chi connectivity index (χ0) is 13.7. The molecule has 0 saturated carbocycles. The maximum Gasteiger partial charge on any atom is 0.147 e. The Morgan fingerprint density at radius 1 is 1.17 bits per heavy atom. The first-order valence-electron chi connectivity index (χ1n) is 5.41. The number of nitrogens with one attached hydrogen (secondary N) is 1. The maximum absolute atomic E-state index is 11.3. The van der Waals surface area contributed by atoms with Gasteiger partial charge in [-0.15, -0.1) is 0 Å². The highest BCUT2D eigenvalue weighted by molar-refractivity contribution is 7.80. The number of Topliss-reactive ketones (excluding diaryl/α,β-unsaturated/α-hetero) is 2. The Bertz CT molecular complexity index is 454. The topological polar surface area (TPSA) is 55.4 Å². The van der Waals surface area contributed by atoms with Gasteiger partial charge in [0, 0.05) is 5.69 Å². The summed E-state index contributed by atoms with van der Waals surface area (Å²) in [4.78, 5) is 22.9. The Hall–Kier alpha value is -1.75. The highest BCUT2D eigenvalue weighted by Gasteiger charge is 2.24. The van der Waals surface area contributed by atoms with Gasteiger partial charge in [0.15, 0.2) is 0 Å². The number of carbonyl (C=O) groups excluding carboxylic acids is 2. The monoisotopic (exact) mass is 265 g/mol. The first-order chi connectivity index (χ1) is 8.45. The number of benzene rings is 1. The van der Waals surface area contributed by atoms with E-state index in [0.717, 1.165) is 5.75 Å². The van der Waals surface area contributed by atoms with Crippen LogP contribution in [0.25, 0.3) is 0 Å². The van der Waals surface area contributed by atoms with Gasteiger partial charge in [0.2, 0.25) is 0 Å². The van der Waals surface area contributed by atoms with Crippen LogP contribution in [0.3, 0.4) is 0 Å². The molecule has 1 N–H and O–H groups in total. The van der Waals surface area contributed by atoms with Gasteiger partial charge in [-0.3, -0.25) is 9.59 Å². The van der Waals surface area contributed by atoms with Gasteiger partial charge in [0.05, 0.1) is 12.1 Å². The van der Waals surface area contributed by atoms with Crippen LogP contribution in [0.1, 0.15) is 13.8 Å². The van der Waals surface area contributed by atoms with Crippen LogP contribution in [0.5, 0.6) is 5.75 Å². The Balaban J connectivity index is 2.79. The van der Waals surface area contributed by atoms with Crippen molar-refractivity contribution in [1.82, 2.24) is 0 Å². The second kappa shape index (κ2) is 6.26.